The number of nitrogens with zero attached hydrogens (tertiary/aromatic N) is 2. The molecule has 70 valence electrons. The number of halogens is 1. The van der Waals surface area contributed by atoms with Gasteiger partial charge in [-0.15, -0.1) is 0 Å². The van der Waals surface area contributed by atoms with Crippen molar-refractivity contribution in [3.8, 4) is 0 Å². The number of esters is 1. The Bertz CT molecular complexity index is 304. The van der Waals surface area contributed by atoms with Crippen LogP contribution in [0.4, 0.5) is 0 Å². The van der Waals surface area contributed by atoms with Gasteiger partial charge in [0.15, 0.2) is 0 Å². The normalized spacial score (nSPS) is 9.69. The van der Waals surface area contributed by atoms with Gasteiger partial charge in [-0.1, -0.05) is 11.6 Å². The van der Waals surface area contributed by atoms with E-state index < -0.39 is 0 Å². The van der Waals surface area contributed by atoms with E-state index in [0.29, 0.717) is 23.9 Å². The van der Waals surface area contributed by atoms with Crippen molar-refractivity contribution in [3.05, 3.63) is 23.2 Å². The fourth-order valence-electron chi connectivity index (χ4n) is 0.800. The number of hydrogen-bond acceptors (Lipinski definition) is 4. The second kappa shape index (κ2) is 4.77. The van der Waals surface area contributed by atoms with E-state index in [1.807, 2.05) is 0 Å². The summed E-state index contributed by atoms with van der Waals surface area (Å²) in [5, 5.41) is 0.348. The number of ether oxygens (including phenoxy) is 1. The molecule has 0 aromatic carbocycles. The standard InChI is InChI=1S/C8H9ClN2O2/c1-6(12)13-3-2-7-4-10-5-8(9)11-7/h4-5H,2-3H2,1H3. The average Bonchev–Trinajstić information content (AvgIpc) is 2.03. The molecule has 1 aromatic rings. The quantitative estimate of drug-likeness (QED) is 0.689. The monoisotopic (exact) mass is 200 g/mol. The lowest BCUT2D eigenvalue weighted by Crippen LogP contribution is -2.04. The molecule has 0 aliphatic rings. The molecule has 0 N–H and O–H groups in total. The summed E-state index contributed by atoms with van der Waals surface area (Å²) in [6.45, 7) is 1.67. The summed E-state index contributed by atoms with van der Waals surface area (Å²) in [4.78, 5) is 18.2. The molecule has 0 saturated carbocycles. The molecule has 5 heteroatoms. The van der Waals surface area contributed by atoms with Gasteiger partial charge in [-0.05, 0) is 0 Å². The van der Waals surface area contributed by atoms with E-state index >= 15 is 0 Å². The Hall–Kier alpha value is -1.16. The minimum absolute atomic E-state index is 0.296. The van der Waals surface area contributed by atoms with Crippen molar-refractivity contribution < 1.29 is 9.53 Å². The highest BCUT2D eigenvalue weighted by Crippen LogP contribution is 2.02. The van der Waals surface area contributed by atoms with Gasteiger partial charge in [0.05, 0.1) is 18.5 Å². The summed E-state index contributed by atoms with van der Waals surface area (Å²) < 4.78 is 4.74. The molecule has 0 atom stereocenters. The van der Waals surface area contributed by atoms with Gasteiger partial charge < -0.3 is 4.74 Å². The molecule has 13 heavy (non-hydrogen) atoms. The molecule has 0 bridgehead atoms. The van der Waals surface area contributed by atoms with E-state index in [-0.39, 0.29) is 5.97 Å². The lowest BCUT2D eigenvalue weighted by Gasteiger charge is -2.00. The minimum Gasteiger partial charge on any atom is -0.465 e. The molecule has 4 nitrogen and oxygen atoms in total. The van der Waals surface area contributed by atoms with Crippen LogP contribution in [-0.2, 0) is 16.0 Å². The third kappa shape index (κ3) is 3.85. The molecule has 0 unspecified atom stereocenters. The van der Waals surface area contributed by atoms with Crippen molar-refractivity contribution in [2.75, 3.05) is 6.61 Å². The van der Waals surface area contributed by atoms with E-state index in [9.17, 15) is 4.79 Å². The molecule has 0 fully saturated rings. The van der Waals surface area contributed by atoms with Gasteiger partial charge in [0.25, 0.3) is 0 Å². The van der Waals surface area contributed by atoms with Crippen LogP contribution in [0.1, 0.15) is 12.6 Å². The first-order chi connectivity index (χ1) is 6.18. The van der Waals surface area contributed by atoms with Crippen LogP contribution in [0.3, 0.4) is 0 Å². The smallest absolute Gasteiger partial charge is 0.302 e. The Labute approximate surface area is 80.9 Å². The lowest BCUT2D eigenvalue weighted by molar-refractivity contribution is -0.140. The van der Waals surface area contributed by atoms with Crippen LogP contribution in [-0.4, -0.2) is 22.5 Å². The Kier molecular flexibility index (Phi) is 3.64. The van der Waals surface area contributed by atoms with Gasteiger partial charge in [0.1, 0.15) is 5.15 Å². The van der Waals surface area contributed by atoms with E-state index in [1.54, 1.807) is 6.20 Å². The predicted octanol–water partition coefficient (Wildman–Crippen LogP) is 1.24. The SMILES string of the molecule is CC(=O)OCCc1cncc(Cl)n1. The summed E-state index contributed by atoms with van der Waals surface area (Å²) in [5.74, 6) is -0.296. The Balaban J connectivity index is 2.41. The molecule has 1 aromatic heterocycles. The highest BCUT2D eigenvalue weighted by Gasteiger charge is 1.98. The highest BCUT2D eigenvalue weighted by molar-refractivity contribution is 6.29. The second-order valence-corrected chi connectivity index (χ2v) is 2.81. The maximum atomic E-state index is 10.4. The summed E-state index contributed by atoms with van der Waals surface area (Å²) in [6.07, 6.45) is 3.58. The Morgan fingerprint density at radius 3 is 3.00 bits per heavy atom. The van der Waals surface area contributed by atoms with Gasteiger partial charge in [-0.2, -0.15) is 0 Å². The van der Waals surface area contributed by atoms with Crippen LogP contribution in [0.5, 0.6) is 0 Å². The van der Waals surface area contributed by atoms with Crippen LogP contribution in [0.25, 0.3) is 0 Å². The Morgan fingerprint density at radius 1 is 1.62 bits per heavy atom. The number of aromatic nitrogens is 2. The van der Waals surface area contributed by atoms with Crippen LogP contribution in [0.15, 0.2) is 12.4 Å². The number of hydrogen-bond donors (Lipinski definition) is 0. The number of carbonyl (C=O) groups excluding carboxylic acids is 1. The largest absolute Gasteiger partial charge is 0.465 e. The van der Waals surface area contributed by atoms with Crippen LogP contribution in [0, 0.1) is 0 Å². The molecular formula is C8H9ClN2O2. The summed E-state index contributed by atoms with van der Waals surface area (Å²) >= 11 is 5.60. The molecule has 1 heterocycles. The van der Waals surface area contributed by atoms with Crippen molar-refractivity contribution >= 4 is 17.6 Å². The van der Waals surface area contributed by atoms with Crippen molar-refractivity contribution in [3.63, 3.8) is 0 Å². The molecule has 0 amide bonds. The molecule has 0 aliphatic carbocycles. The zero-order valence-electron chi connectivity index (χ0n) is 7.16. The predicted molar refractivity (Wildman–Crippen MR) is 47.4 cm³/mol. The lowest BCUT2D eigenvalue weighted by atomic mass is 10.3. The zero-order valence-corrected chi connectivity index (χ0v) is 7.91. The van der Waals surface area contributed by atoms with Crippen LogP contribution >= 0.6 is 11.6 Å². The summed E-state index contributed by atoms with van der Waals surface area (Å²) in [6, 6.07) is 0. The number of rotatable bonds is 3. The molecular weight excluding hydrogens is 192 g/mol. The van der Waals surface area contributed by atoms with E-state index in [1.165, 1.54) is 13.1 Å². The van der Waals surface area contributed by atoms with Crippen molar-refractivity contribution in [2.45, 2.75) is 13.3 Å². The fraction of sp³-hybridized carbons (Fsp3) is 0.375. The van der Waals surface area contributed by atoms with Crippen molar-refractivity contribution in [1.29, 1.82) is 0 Å². The first-order valence-corrected chi connectivity index (χ1v) is 4.16. The van der Waals surface area contributed by atoms with Gasteiger partial charge in [0.2, 0.25) is 0 Å². The van der Waals surface area contributed by atoms with Crippen molar-refractivity contribution in [1.82, 2.24) is 9.97 Å². The van der Waals surface area contributed by atoms with E-state index in [4.69, 9.17) is 16.3 Å². The highest BCUT2D eigenvalue weighted by atomic mass is 35.5. The third-order valence-electron chi connectivity index (χ3n) is 1.32. The fourth-order valence-corrected chi connectivity index (χ4v) is 0.964. The first-order valence-electron chi connectivity index (χ1n) is 3.78. The minimum atomic E-state index is -0.296. The molecule has 0 radical (unpaired) electrons. The Morgan fingerprint density at radius 2 is 2.38 bits per heavy atom. The maximum Gasteiger partial charge on any atom is 0.302 e. The molecule has 1 rings (SSSR count). The summed E-state index contributed by atoms with van der Waals surface area (Å²) in [5.41, 5.74) is 0.716. The van der Waals surface area contributed by atoms with Crippen LogP contribution < -0.4 is 0 Å². The molecule has 0 aliphatic heterocycles. The zero-order chi connectivity index (χ0) is 9.68. The molecule has 0 saturated heterocycles. The second-order valence-electron chi connectivity index (χ2n) is 2.42. The first kappa shape index (κ1) is 9.92. The van der Waals surface area contributed by atoms with E-state index in [0.717, 1.165) is 0 Å². The van der Waals surface area contributed by atoms with Gasteiger partial charge in [-0.25, -0.2) is 4.98 Å². The van der Waals surface area contributed by atoms with Crippen LogP contribution in [0.2, 0.25) is 5.15 Å². The molecule has 0 spiro atoms. The summed E-state index contributed by atoms with van der Waals surface area (Å²) in [7, 11) is 0. The topological polar surface area (TPSA) is 52.1 Å². The van der Waals surface area contributed by atoms with Crippen molar-refractivity contribution in [2.24, 2.45) is 0 Å². The van der Waals surface area contributed by atoms with Gasteiger partial charge >= 0.3 is 5.97 Å². The van der Waals surface area contributed by atoms with Gasteiger partial charge in [0, 0.05) is 19.5 Å². The third-order valence-corrected chi connectivity index (χ3v) is 1.50. The van der Waals surface area contributed by atoms with Gasteiger partial charge in [-0.3, -0.25) is 9.78 Å². The maximum absolute atomic E-state index is 10.4. The van der Waals surface area contributed by atoms with E-state index in [2.05, 4.69) is 9.97 Å². The average molecular weight is 201 g/mol. The number of carbonyl (C=O) groups is 1.